The number of aromatic nitrogens is 4. The maximum absolute atomic E-state index is 4.30. The zero-order chi connectivity index (χ0) is 11.4. The van der Waals surface area contributed by atoms with Gasteiger partial charge in [0.1, 0.15) is 0 Å². The Kier molecular flexibility index (Phi) is 3.14. The lowest BCUT2D eigenvalue weighted by atomic mass is 10.3. The average Bonchev–Trinajstić information content (AvgIpc) is 2.64. The van der Waals surface area contributed by atoms with Crippen LogP contribution in [0.15, 0.2) is 24.5 Å². The molecule has 0 saturated heterocycles. The van der Waals surface area contributed by atoms with Crippen molar-refractivity contribution in [2.75, 3.05) is 11.9 Å². The quantitative estimate of drug-likeness (QED) is 0.835. The molecule has 0 fully saturated rings. The van der Waals surface area contributed by atoms with Gasteiger partial charge in [0.15, 0.2) is 0 Å². The number of aryl methyl sites for hydroxylation is 2. The molecule has 2 aromatic rings. The lowest BCUT2D eigenvalue weighted by Gasteiger charge is -2.03. The summed E-state index contributed by atoms with van der Waals surface area (Å²) >= 11 is 0. The summed E-state index contributed by atoms with van der Waals surface area (Å²) in [6, 6.07) is 3.89. The largest absolute Gasteiger partial charge is 0.354 e. The molecular weight excluding hydrogens is 202 g/mol. The van der Waals surface area contributed by atoms with E-state index in [0.29, 0.717) is 5.95 Å². The van der Waals surface area contributed by atoms with Gasteiger partial charge in [0.2, 0.25) is 5.95 Å². The third-order valence-corrected chi connectivity index (χ3v) is 2.23. The van der Waals surface area contributed by atoms with Gasteiger partial charge < -0.3 is 5.32 Å². The molecule has 0 bridgehead atoms. The highest BCUT2D eigenvalue weighted by molar-refractivity contribution is 5.24. The van der Waals surface area contributed by atoms with Crippen LogP contribution < -0.4 is 5.32 Å². The SMILES string of the molecule is Cc1ccnc(NCCc2ccn(C)n2)n1. The molecule has 1 N–H and O–H groups in total. The van der Waals surface area contributed by atoms with E-state index < -0.39 is 0 Å². The summed E-state index contributed by atoms with van der Waals surface area (Å²) in [5.41, 5.74) is 2.04. The van der Waals surface area contributed by atoms with Gasteiger partial charge in [-0.15, -0.1) is 0 Å². The van der Waals surface area contributed by atoms with Crippen LogP contribution in [0.2, 0.25) is 0 Å². The van der Waals surface area contributed by atoms with Gasteiger partial charge in [0.25, 0.3) is 0 Å². The standard InChI is InChI=1S/C11H15N5/c1-9-3-6-12-11(14-9)13-7-4-10-5-8-16(2)15-10/h3,5-6,8H,4,7H2,1-2H3,(H,12,13,14). The Balaban J connectivity index is 1.84. The highest BCUT2D eigenvalue weighted by Crippen LogP contribution is 2.00. The maximum Gasteiger partial charge on any atom is 0.222 e. The zero-order valence-electron chi connectivity index (χ0n) is 9.51. The van der Waals surface area contributed by atoms with Gasteiger partial charge in [-0.1, -0.05) is 0 Å². The van der Waals surface area contributed by atoms with Crippen LogP contribution in [0, 0.1) is 6.92 Å². The van der Waals surface area contributed by atoms with Crippen LogP contribution in [0.4, 0.5) is 5.95 Å². The van der Waals surface area contributed by atoms with E-state index in [1.807, 2.05) is 32.3 Å². The Labute approximate surface area is 94.5 Å². The molecule has 2 heterocycles. The molecular formula is C11H15N5. The Morgan fingerprint density at radius 3 is 2.94 bits per heavy atom. The number of nitrogens with zero attached hydrogens (tertiary/aromatic N) is 4. The zero-order valence-corrected chi connectivity index (χ0v) is 9.51. The topological polar surface area (TPSA) is 55.6 Å². The summed E-state index contributed by atoms with van der Waals surface area (Å²) < 4.78 is 1.80. The van der Waals surface area contributed by atoms with E-state index in [2.05, 4.69) is 20.4 Å². The molecule has 0 atom stereocenters. The van der Waals surface area contributed by atoms with E-state index in [9.17, 15) is 0 Å². The molecule has 0 amide bonds. The lowest BCUT2D eigenvalue weighted by Crippen LogP contribution is -2.08. The van der Waals surface area contributed by atoms with Gasteiger partial charge in [-0.25, -0.2) is 9.97 Å². The van der Waals surface area contributed by atoms with Gasteiger partial charge in [-0.05, 0) is 19.1 Å². The normalized spacial score (nSPS) is 10.4. The van der Waals surface area contributed by atoms with Crippen molar-refractivity contribution in [3.05, 3.63) is 35.9 Å². The first-order valence-electron chi connectivity index (χ1n) is 5.26. The van der Waals surface area contributed by atoms with E-state index in [1.54, 1.807) is 10.9 Å². The second-order valence-electron chi connectivity index (χ2n) is 3.68. The summed E-state index contributed by atoms with van der Waals surface area (Å²) in [6.07, 6.45) is 4.57. The number of nitrogens with one attached hydrogen (secondary N) is 1. The highest BCUT2D eigenvalue weighted by atomic mass is 15.2. The number of rotatable bonds is 4. The first kappa shape index (κ1) is 10.6. The molecule has 0 spiro atoms. The summed E-state index contributed by atoms with van der Waals surface area (Å²) in [7, 11) is 1.92. The summed E-state index contributed by atoms with van der Waals surface area (Å²) in [5.74, 6) is 0.677. The van der Waals surface area contributed by atoms with Gasteiger partial charge in [-0.2, -0.15) is 5.10 Å². The second kappa shape index (κ2) is 4.74. The minimum absolute atomic E-state index is 0.677. The van der Waals surface area contributed by atoms with Gasteiger partial charge in [-0.3, -0.25) is 4.68 Å². The third-order valence-electron chi connectivity index (χ3n) is 2.23. The van der Waals surface area contributed by atoms with E-state index >= 15 is 0 Å². The first-order chi connectivity index (χ1) is 7.74. The number of anilines is 1. The molecule has 0 saturated carbocycles. The fourth-order valence-electron chi connectivity index (χ4n) is 1.43. The van der Waals surface area contributed by atoms with Crippen molar-refractivity contribution in [3.8, 4) is 0 Å². The molecule has 16 heavy (non-hydrogen) atoms. The summed E-state index contributed by atoms with van der Waals surface area (Å²) in [6.45, 7) is 2.74. The molecule has 2 aromatic heterocycles. The van der Waals surface area contributed by atoms with E-state index in [0.717, 1.165) is 24.4 Å². The molecule has 0 unspecified atom stereocenters. The highest BCUT2D eigenvalue weighted by Gasteiger charge is 1.98. The Morgan fingerprint density at radius 2 is 2.25 bits per heavy atom. The van der Waals surface area contributed by atoms with Crippen LogP contribution >= 0.6 is 0 Å². The van der Waals surface area contributed by atoms with Crippen LogP contribution in [0.5, 0.6) is 0 Å². The van der Waals surface area contributed by atoms with Crippen LogP contribution in [-0.2, 0) is 13.5 Å². The predicted molar refractivity (Wildman–Crippen MR) is 62.2 cm³/mol. The van der Waals surface area contributed by atoms with Crippen LogP contribution in [0.25, 0.3) is 0 Å². The number of hydrogen-bond donors (Lipinski definition) is 1. The Morgan fingerprint density at radius 1 is 1.38 bits per heavy atom. The first-order valence-corrected chi connectivity index (χ1v) is 5.26. The maximum atomic E-state index is 4.30. The van der Waals surface area contributed by atoms with Crippen molar-refractivity contribution in [2.45, 2.75) is 13.3 Å². The van der Waals surface area contributed by atoms with Crippen LogP contribution in [0.3, 0.4) is 0 Å². The fraction of sp³-hybridized carbons (Fsp3) is 0.364. The number of hydrogen-bond acceptors (Lipinski definition) is 4. The Hall–Kier alpha value is -1.91. The predicted octanol–water partition coefficient (Wildman–Crippen LogP) is 1.17. The molecule has 0 aliphatic carbocycles. The molecule has 0 radical (unpaired) electrons. The second-order valence-corrected chi connectivity index (χ2v) is 3.68. The summed E-state index contributed by atoms with van der Waals surface area (Å²) in [4.78, 5) is 8.39. The van der Waals surface area contributed by atoms with Crippen molar-refractivity contribution in [3.63, 3.8) is 0 Å². The van der Waals surface area contributed by atoms with Crippen molar-refractivity contribution in [1.29, 1.82) is 0 Å². The van der Waals surface area contributed by atoms with Crippen molar-refractivity contribution in [1.82, 2.24) is 19.7 Å². The molecule has 84 valence electrons. The summed E-state index contributed by atoms with van der Waals surface area (Å²) in [5, 5.41) is 7.47. The van der Waals surface area contributed by atoms with Crippen molar-refractivity contribution in [2.24, 2.45) is 7.05 Å². The van der Waals surface area contributed by atoms with Gasteiger partial charge in [0, 0.05) is 38.1 Å². The molecule has 5 nitrogen and oxygen atoms in total. The molecule has 0 aromatic carbocycles. The monoisotopic (exact) mass is 217 g/mol. The molecule has 0 aliphatic rings. The smallest absolute Gasteiger partial charge is 0.222 e. The Bertz CT molecular complexity index is 463. The van der Waals surface area contributed by atoms with Gasteiger partial charge >= 0.3 is 0 Å². The van der Waals surface area contributed by atoms with Crippen LogP contribution in [-0.4, -0.2) is 26.3 Å². The van der Waals surface area contributed by atoms with E-state index in [4.69, 9.17) is 0 Å². The van der Waals surface area contributed by atoms with E-state index in [1.165, 1.54) is 0 Å². The lowest BCUT2D eigenvalue weighted by molar-refractivity contribution is 0.741. The third kappa shape index (κ3) is 2.79. The molecule has 2 rings (SSSR count). The minimum Gasteiger partial charge on any atom is -0.354 e. The van der Waals surface area contributed by atoms with Crippen molar-refractivity contribution >= 4 is 5.95 Å². The molecule has 0 aliphatic heterocycles. The van der Waals surface area contributed by atoms with Crippen molar-refractivity contribution < 1.29 is 0 Å². The van der Waals surface area contributed by atoms with E-state index in [-0.39, 0.29) is 0 Å². The average molecular weight is 217 g/mol. The fourth-order valence-corrected chi connectivity index (χ4v) is 1.43. The van der Waals surface area contributed by atoms with Gasteiger partial charge in [0.05, 0.1) is 5.69 Å². The minimum atomic E-state index is 0.677. The molecule has 5 heteroatoms. The van der Waals surface area contributed by atoms with Crippen LogP contribution in [0.1, 0.15) is 11.4 Å².